The molecule has 5 atom stereocenters. The maximum Gasteiger partial charge on any atom is 0.342 e. The fourth-order valence-corrected chi connectivity index (χ4v) is 4.75. The zero-order chi connectivity index (χ0) is 33.5. The molecule has 0 aliphatic carbocycles. The van der Waals surface area contributed by atoms with Gasteiger partial charge in [-0.15, -0.1) is 0 Å². The highest BCUT2D eigenvalue weighted by molar-refractivity contribution is 5.95. The molecule has 4 rings (SSSR count). The van der Waals surface area contributed by atoms with E-state index in [9.17, 15) is 40.2 Å². The summed E-state index contributed by atoms with van der Waals surface area (Å²) in [5.74, 6) is -4.22. The molecule has 1 heterocycles. The lowest BCUT2D eigenvalue weighted by Crippen LogP contribution is -2.60. The van der Waals surface area contributed by atoms with E-state index in [0.717, 1.165) is 23.6 Å². The van der Waals surface area contributed by atoms with E-state index in [2.05, 4.69) is 0 Å². The van der Waals surface area contributed by atoms with E-state index >= 15 is 0 Å². The van der Waals surface area contributed by atoms with Gasteiger partial charge in [0.1, 0.15) is 36.6 Å². The Balaban J connectivity index is 1.46. The van der Waals surface area contributed by atoms with Crippen LogP contribution < -0.4 is 18.9 Å². The Morgan fingerprint density at radius 1 is 0.848 bits per heavy atom. The van der Waals surface area contributed by atoms with E-state index in [-0.39, 0.29) is 29.4 Å². The van der Waals surface area contributed by atoms with Crippen LogP contribution in [0.2, 0.25) is 0 Å². The van der Waals surface area contributed by atoms with E-state index in [0.29, 0.717) is 6.42 Å². The predicted molar refractivity (Wildman–Crippen MR) is 159 cm³/mol. The molecule has 1 saturated heterocycles. The molecule has 0 unspecified atom stereocenters. The third-order valence-electron chi connectivity index (χ3n) is 7.37. The Morgan fingerprint density at radius 3 is 2.24 bits per heavy atom. The molecule has 14 heteroatoms. The average molecular weight is 645 g/mol. The van der Waals surface area contributed by atoms with Gasteiger partial charge >= 0.3 is 11.9 Å². The van der Waals surface area contributed by atoms with Gasteiger partial charge in [0, 0.05) is 12.5 Å². The van der Waals surface area contributed by atoms with Crippen LogP contribution in [0, 0.1) is 0 Å². The van der Waals surface area contributed by atoms with Crippen LogP contribution in [-0.4, -0.2) is 101 Å². The first-order valence-electron chi connectivity index (χ1n) is 14.3. The molecule has 6 N–H and O–H groups in total. The zero-order valence-corrected chi connectivity index (χ0v) is 25.3. The number of benzene rings is 3. The van der Waals surface area contributed by atoms with Gasteiger partial charge in [0.05, 0.1) is 26.4 Å². The number of aliphatic hydroxyl groups is 3. The van der Waals surface area contributed by atoms with Gasteiger partial charge in [0.15, 0.2) is 23.0 Å². The SMILES string of the molecule is CCc1cccc(CCOc2c(O)c(OC)cc(C(=O)OC[C@@H]3O[C@@H](Oc4ccc(C(=O)O)cc4OC)[C@H](O)[C@@H](O)[C@@H]3O)c2O)c1. The van der Waals surface area contributed by atoms with Crippen molar-refractivity contribution in [2.24, 2.45) is 0 Å². The van der Waals surface area contributed by atoms with E-state index in [1.54, 1.807) is 0 Å². The molecule has 3 aromatic carbocycles. The monoisotopic (exact) mass is 644 g/mol. The van der Waals surface area contributed by atoms with Crippen LogP contribution in [0.15, 0.2) is 48.5 Å². The van der Waals surface area contributed by atoms with Crippen molar-refractivity contribution in [1.82, 2.24) is 0 Å². The summed E-state index contributed by atoms with van der Waals surface area (Å²) in [4.78, 5) is 24.4. The maximum absolute atomic E-state index is 13.1. The summed E-state index contributed by atoms with van der Waals surface area (Å²) in [7, 11) is 2.51. The van der Waals surface area contributed by atoms with Crippen LogP contribution in [-0.2, 0) is 22.3 Å². The molecular formula is C32H36O14. The molecule has 0 saturated carbocycles. The molecule has 1 aliphatic rings. The van der Waals surface area contributed by atoms with Crippen molar-refractivity contribution in [3.8, 4) is 34.5 Å². The number of carboxylic acids is 1. The number of carbonyl (C=O) groups excluding carboxylic acids is 1. The number of esters is 1. The summed E-state index contributed by atoms with van der Waals surface area (Å²) in [6, 6.07) is 12.5. The summed E-state index contributed by atoms with van der Waals surface area (Å²) < 4.78 is 32.4. The Hall–Kier alpha value is -4.76. The molecule has 1 fully saturated rings. The lowest BCUT2D eigenvalue weighted by Gasteiger charge is -2.40. The lowest BCUT2D eigenvalue weighted by atomic mass is 9.99. The molecule has 248 valence electrons. The highest BCUT2D eigenvalue weighted by atomic mass is 16.7. The van der Waals surface area contributed by atoms with Crippen LogP contribution in [0.3, 0.4) is 0 Å². The van der Waals surface area contributed by atoms with Crippen LogP contribution in [0.1, 0.15) is 38.8 Å². The molecule has 0 spiro atoms. The quantitative estimate of drug-likeness (QED) is 0.147. The third kappa shape index (κ3) is 7.54. The van der Waals surface area contributed by atoms with Gasteiger partial charge in [-0.25, -0.2) is 9.59 Å². The second-order valence-corrected chi connectivity index (χ2v) is 10.3. The first kappa shape index (κ1) is 34.1. The van der Waals surface area contributed by atoms with Crippen molar-refractivity contribution < 1.29 is 68.6 Å². The van der Waals surface area contributed by atoms with Gasteiger partial charge in [-0.3, -0.25) is 0 Å². The van der Waals surface area contributed by atoms with E-state index < -0.39 is 72.1 Å². The van der Waals surface area contributed by atoms with Crippen molar-refractivity contribution in [2.45, 2.75) is 50.5 Å². The predicted octanol–water partition coefficient (Wildman–Crippen LogP) is 2.04. The highest BCUT2D eigenvalue weighted by Crippen LogP contribution is 2.46. The molecule has 46 heavy (non-hydrogen) atoms. The molecule has 0 bridgehead atoms. The van der Waals surface area contributed by atoms with Crippen LogP contribution >= 0.6 is 0 Å². The number of aromatic hydroxyl groups is 2. The summed E-state index contributed by atoms with van der Waals surface area (Å²) in [5, 5.41) is 62.1. The average Bonchev–Trinajstić information content (AvgIpc) is 3.05. The number of rotatable bonds is 13. The molecule has 1 aliphatic heterocycles. The number of hydrogen-bond acceptors (Lipinski definition) is 13. The molecule has 3 aromatic rings. The Bertz CT molecular complexity index is 1540. The number of carboxylic acid groups (broad SMARTS) is 1. The zero-order valence-electron chi connectivity index (χ0n) is 25.3. The molecule has 14 nitrogen and oxygen atoms in total. The number of hydrogen-bond donors (Lipinski definition) is 6. The third-order valence-corrected chi connectivity index (χ3v) is 7.37. The standard InChI is InChI=1S/C32H36O14/c1-4-16-6-5-7-17(12-16)10-11-43-29-24(33)19(14-22(42-3)26(29)35)31(40)44-15-23-25(34)27(36)28(37)32(46-23)45-20-9-8-18(30(38)39)13-21(20)41-2/h5-9,12-14,23,25,27-28,32-37H,4,10-11,15H2,1-3H3,(H,38,39)/t23-,25+,27-,28+,32+/m0/s1. The van der Waals surface area contributed by atoms with Gasteiger partial charge < -0.3 is 59.1 Å². The summed E-state index contributed by atoms with van der Waals surface area (Å²) in [5.41, 5.74) is 1.58. The van der Waals surface area contributed by atoms with Crippen LogP contribution in [0.5, 0.6) is 34.5 Å². The van der Waals surface area contributed by atoms with Crippen molar-refractivity contribution in [1.29, 1.82) is 0 Å². The minimum absolute atomic E-state index is 0.0106. The number of phenolic OH excluding ortho intramolecular Hbond substituents is 2. The number of ether oxygens (including phenoxy) is 6. The first-order valence-corrected chi connectivity index (χ1v) is 14.3. The van der Waals surface area contributed by atoms with E-state index in [1.165, 1.54) is 32.4 Å². The van der Waals surface area contributed by atoms with Gasteiger partial charge in [-0.2, -0.15) is 0 Å². The van der Waals surface area contributed by atoms with Crippen LogP contribution in [0.25, 0.3) is 0 Å². The summed E-state index contributed by atoms with van der Waals surface area (Å²) in [6.45, 7) is 1.40. The molecule has 0 radical (unpaired) electrons. The number of aryl methyl sites for hydroxylation is 1. The molecule has 0 amide bonds. The summed E-state index contributed by atoms with van der Waals surface area (Å²) >= 11 is 0. The van der Waals surface area contributed by atoms with Crippen molar-refractivity contribution in [3.05, 3.63) is 70.8 Å². The second kappa shape index (κ2) is 15.0. The van der Waals surface area contributed by atoms with Crippen LogP contribution in [0.4, 0.5) is 0 Å². The summed E-state index contributed by atoms with van der Waals surface area (Å²) in [6.07, 6.45) is -7.03. The Morgan fingerprint density at radius 2 is 1.57 bits per heavy atom. The minimum Gasteiger partial charge on any atom is -0.504 e. The van der Waals surface area contributed by atoms with Gasteiger partial charge in [-0.1, -0.05) is 31.2 Å². The highest BCUT2D eigenvalue weighted by Gasteiger charge is 2.46. The minimum atomic E-state index is -1.80. The smallest absolute Gasteiger partial charge is 0.342 e. The van der Waals surface area contributed by atoms with E-state index in [4.69, 9.17) is 28.4 Å². The number of phenols is 2. The van der Waals surface area contributed by atoms with Gasteiger partial charge in [0.25, 0.3) is 0 Å². The number of aliphatic hydroxyl groups excluding tert-OH is 3. The molecule has 0 aromatic heterocycles. The fraction of sp³-hybridized carbons (Fsp3) is 0.375. The Labute approximate surface area is 263 Å². The van der Waals surface area contributed by atoms with E-state index in [1.807, 2.05) is 31.2 Å². The fourth-order valence-electron chi connectivity index (χ4n) is 4.75. The Kier molecular flexibility index (Phi) is 11.1. The normalized spacial score (nSPS) is 20.9. The van der Waals surface area contributed by atoms with Crippen molar-refractivity contribution in [2.75, 3.05) is 27.4 Å². The second-order valence-electron chi connectivity index (χ2n) is 10.3. The topological polar surface area (TPSA) is 211 Å². The van der Waals surface area contributed by atoms with Gasteiger partial charge in [0.2, 0.25) is 17.8 Å². The largest absolute Gasteiger partial charge is 0.504 e. The van der Waals surface area contributed by atoms with Gasteiger partial charge in [-0.05, 0) is 35.7 Å². The lowest BCUT2D eigenvalue weighted by molar-refractivity contribution is -0.277. The van der Waals surface area contributed by atoms with Crippen molar-refractivity contribution >= 4 is 11.9 Å². The number of carbonyl (C=O) groups is 2. The van der Waals surface area contributed by atoms with Crippen molar-refractivity contribution in [3.63, 3.8) is 0 Å². The number of aromatic carboxylic acids is 1. The molecular weight excluding hydrogens is 608 g/mol. The first-order chi connectivity index (χ1) is 22.0. The maximum atomic E-state index is 13.1. The number of methoxy groups -OCH3 is 2.